The molecule has 57 heavy (non-hydrogen) atoms. The van der Waals surface area contributed by atoms with E-state index < -0.39 is 0 Å². The number of hydrogen-bond donors (Lipinski definition) is 1. The van der Waals surface area contributed by atoms with Gasteiger partial charge in [0.05, 0.1) is 26.9 Å². The van der Waals surface area contributed by atoms with E-state index in [1.807, 2.05) is 6.20 Å². The Kier molecular flexibility index (Phi) is 7.93. The van der Waals surface area contributed by atoms with Crippen molar-refractivity contribution in [1.82, 2.24) is 9.38 Å². The molecule has 4 nitrogen and oxygen atoms in total. The number of phenolic OH excluding ortho intramolecular Hbond substituents is 1. The summed E-state index contributed by atoms with van der Waals surface area (Å²) in [4.78, 5) is 6.28. The maximum Gasteiger partial charge on any atom is 0.270 e. The van der Waals surface area contributed by atoms with Gasteiger partial charge < -0.3 is 5.11 Å². The van der Waals surface area contributed by atoms with Crippen molar-refractivity contribution in [2.45, 2.75) is 52.4 Å². The minimum absolute atomic E-state index is 0.143. The van der Waals surface area contributed by atoms with Gasteiger partial charge in [0, 0.05) is 11.1 Å². The second kappa shape index (κ2) is 12.9. The zero-order valence-electron chi connectivity index (χ0n) is 33.1. The van der Waals surface area contributed by atoms with Crippen molar-refractivity contribution >= 4 is 70.3 Å². The van der Waals surface area contributed by atoms with E-state index in [4.69, 9.17) is 4.98 Å². The molecule has 6 aromatic carbocycles. The average molecular weight is 758 g/mol. The van der Waals surface area contributed by atoms with Crippen molar-refractivity contribution in [2.75, 3.05) is 0 Å². The lowest BCUT2D eigenvalue weighted by molar-refractivity contribution is -0.572. The van der Waals surface area contributed by atoms with Crippen molar-refractivity contribution in [1.29, 1.82) is 0 Å². The van der Waals surface area contributed by atoms with Crippen molar-refractivity contribution < 1.29 is 9.67 Å². The SMILES string of the molecule is CC(C)(C)c1cc(-[n+]2[c-]n3c4cc(-c5cc6cc(-c7ccccc7)sc6cn5)ccc4c4ccccc4c4ccccc4c4cccc2c43)c(O)c(C(C)(C)C)c1. The predicted octanol–water partition coefficient (Wildman–Crippen LogP) is 13.4. The Morgan fingerprint density at radius 2 is 1.26 bits per heavy atom. The second-order valence-corrected chi connectivity index (χ2v) is 18.3. The molecule has 0 amide bonds. The topological polar surface area (TPSA) is 41.4 Å². The van der Waals surface area contributed by atoms with Crippen molar-refractivity contribution in [2.24, 2.45) is 0 Å². The maximum atomic E-state index is 12.2. The lowest BCUT2D eigenvalue weighted by Crippen LogP contribution is -2.31. The van der Waals surface area contributed by atoms with Gasteiger partial charge in [-0.05, 0) is 95.1 Å². The summed E-state index contributed by atoms with van der Waals surface area (Å²) in [6, 6.07) is 50.0. The number of thiophene rings is 1. The van der Waals surface area contributed by atoms with Gasteiger partial charge in [0.15, 0.2) is 0 Å². The first kappa shape index (κ1) is 35.1. The normalized spacial score (nSPS) is 12.5. The van der Waals surface area contributed by atoms with Gasteiger partial charge in [-0.15, -0.1) is 11.3 Å². The van der Waals surface area contributed by atoms with Crippen LogP contribution < -0.4 is 4.57 Å². The molecule has 0 aliphatic rings. The van der Waals surface area contributed by atoms with E-state index in [-0.39, 0.29) is 16.6 Å². The Labute approximate surface area is 336 Å². The van der Waals surface area contributed by atoms with Crippen LogP contribution in [0.2, 0.25) is 0 Å². The Bertz CT molecular complexity index is 3270. The van der Waals surface area contributed by atoms with Crippen molar-refractivity contribution in [3.05, 3.63) is 163 Å². The largest absolute Gasteiger partial charge is 0.511 e. The Morgan fingerprint density at radius 3 is 1.95 bits per heavy atom. The summed E-state index contributed by atoms with van der Waals surface area (Å²) >= 11 is 1.77. The second-order valence-electron chi connectivity index (χ2n) is 17.2. The van der Waals surface area contributed by atoms with Gasteiger partial charge in [0.2, 0.25) is 0 Å². The lowest BCUT2D eigenvalue weighted by atomic mass is 9.79. The predicted molar refractivity (Wildman–Crippen MR) is 240 cm³/mol. The van der Waals surface area contributed by atoms with E-state index in [2.05, 4.69) is 196 Å². The number of para-hydroxylation sites is 1. The van der Waals surface area contributed by atoms with Crippen molar-refractivity contribution in [3.8, 4) is 33.1 Å². The van der Waals surface area contributed by atoms with Crippen LogP contribution in [0.1, 0.15) is 52.7 Å². The summed E-state index contributed by atoms with van der Waals surface area (Å²) < 4.78 is 5.46. The fraction of sp³-hybridized carbons (Fsp3) is 0.154. The number of rotatable bonds is 3. The highest BCUT2D eigenvalue weighted by Gasteiger charge is 2.27. The quantitative estimate of drug-likeness (QED) is 0.144. The zero-order chi connectivity index (χ0) is 39.2. The fourth-order valence-electron chi connectivity index (χ4n) is 8.38. The molecule has 0 atom stereocenters. The molecule has 10 rings (SSSR count). The fourth-order valence-corrected chi connectivity index (χ4v) is 9.40. The number of hydrogen-bond acceptors (Lipinski definition) is 3. The highest BCUT2D eigenvalue weighted by Crippen LogP contribution is 2.41. The summed E-state index contributed by atoms with van der Waals surface area (Å²) in [5, 5.41) is 20.2. The first-order valence-electron chi connectivity index (χ1n) is 19.6. The third kappa shape index (κ3) is 5.79. The van der Waals surface area contributed by atoms with Gasteiger partial charge >= 0.3 is 0 Å². The van der Waals surface area contributed by atoms with E-state index in [1.54, 1.807) is 11.3 Å². The van der Waals surface area contributed by atoms with Gasteiger partial charge in [-0.3, -0.25) is 14.0 Å². The Hall–Kier alpha value is -6.30. The van der Waals surface area contributed by atoms with E-state index in [0.717, 1.165) is 70.9 Å². The molecule has 0 saturated carbocycles. The molecule has 4 heterocycles. The number of imidazole rings is 1. The van der Waals surface area contributed by atoms with Crippen LogP contribution in [-0.4, -0.2) is 14.5 Å². The lowest BCUT2D eigenvalue weighted by Gasteiger charge is -2.27. The number of nitrogens with zero attached hydrogens (tertiary/aromatic N) is 3. The van der Waals surface area contributed by atoms with Crippen LogP contribution >= 0.6 is 11.3 Å². The van der Waals surface area contributed by atoms with Gasteiger partial charge in [-0.25, -0.2) is 0 Å². The minimum Gasteiger partial charge on any atom is -0.511 e. The van der Waals surface area contributed by atoms with E-state index >= 15 is 0 Å². The van der Waals surface area contributed by atoms with Crippen LogP contribution in [0.4, 0.5) is 0 Å². The minimum atomic E-state index is -0.284. The van der Waals surface area contributed by atoms with E-state index in [1.165, 1.54) is 26.6 Å². The molecule has 1 N–H and O–H groups in total. The van der Waals surface area contributed by atoms with Gasteiger partial charge in [0.1, 0.15) is 11.4 Å². The summed E-state index contributed by atoms with van der Waals surface area (Å²) in [6.07, 6.45) is 5.85. The summed E-state index contributed by atoms with van der Waals surface area (Å²) in [6.45, 7) is 13.2. The number of aromatic nitrogens is 3. The monoisotopic (exact) mass is 757 g/mol. The molecule has 0 fully saturated rings. The van der Waals surface area contributed by atoms with E-state index in [9.17, 15) is 5.11 Å². The van der Waals surface area contributed by atoms with Crippen LogP contribution in [0.25, 0.3) is 86.3 Å². The van der Waals surface area contributed by atoms with Crippen LogP contribution in [0.5, 0.6) is 5.75 Å². The van der Waals surface area contributed by atoms with Crippen LogP contribution in [-0.2, 0) is 10.8 Å². The molecule has 0 radical (unpaired) electrons. The van der Waals surface area contributed by atoms with Crippen LogP contribution in [0.15, 0.2) is 146 Å². The molecule has 4 aromatic heterocycles. The summed E-state index contributed by atoms with van der Waals surface area (Å²) in [5.74, 6) is 0.274. The zero-order valence-corrected chi connectivity index (χ0v) is 33.9. The molecule has 0 aliphatic heterocycles. The highest BCUT2D eigenvalue weighted by molar-refractivity contribution is 7.22. The van der Waals surface area contributed by atoms with Crippen molar-refractivity contribution in [3.63, 3.8) is 0 Å². The number of benzene rings is 6. The smallest absolute Gasteiger partial charge is 0.270 e. The number of aromatic hydroxyl groups is 1. The molecule has 10 aromatic rings. The standard InChI is InChI=1S/C52H43N3OS/c1-51(2,3)35-28-42(52(4,5)6)50(56)46(29-35)54-31-55-45-26-33(43-25-34-27-47(57-48(34)30-53-43)32-15-8-7-9-16-32)23-24-40(45)38-19-12-10-17-36(38)37-18-11-13-20-39(37)41-21-14-22-44(54)49(41)55/h7-30,56H,1-6H3. The molecule has 278 valence electrons. The average Bonchev–Trinajstić information content (AvgIpc) is 3.83. The summed E-state index contributed by atoms with van der Waals surface area (Å²) in [7, 11) is 0. The maximum absolute atomic E-state index is 12.2. The van der Waals surface area contributed by atoms with Gasteiger partial charge in [-0.2, -0.15) is 0 Å². The number of pyridine rings is 1. The third-order valence-electron chi connectivity index (χ3n) is 11.4. The molecule has 0 spiro atoms. The van der Waals surface area contributed by atoms with E-state index in [0.29, 0.717) is 0 Å². The van der Waals surface area contributed by atoms with Crippen LogP contribution in [0, 0.1) is 6.33 Å². The number of phenols is 1. The molecule has 0 unspecified atom stereocenters. The molecular formula is C52H43N3OS. The van der Waals surface area contributed by atoms with Crippen LogP contribution in [0.3, 0.4) is 0 Å². The number of fused-ring (bicyclic) bond motifs is 8. The molecular weight excluding hydrogens is 715 g/mol. The van der Waals surface area contributed by atoms with Gasteiger partial charge in [0.25, 0.3) is 6.33 Å². The Morgan fingerprint density at radius 1 is 0.614 bits per heavy atom. The first-order chi connectivity index (χ1) is 27.4. The molecule has 0 aliphatic carbocycles. The molecule has 0 bridgehead atoms. The molecule has 5 heteroatoms. The highest BCUT2D eigenvalue weighted by atomic mass is 32.1. The Balaban J connectivity index is 1.35. The van der Waals surface area contributed by atoms with Gasteiger partial charge in [-0.1, -0.05) is 157 Å². The molecule has 0 saturated heterocycles. The first-order valence-corrected chi connectivity index (χ1v) is 20.4. The third-order valence-corrected chi connectivity index (χ3v) is 12.5. The summed E-state index contributed by atoms with van der Waals surface area (Å²) in [5.41, 5.74) is 8.47.